The van der Waals surface area contributed by atoms with Gasteiger partial charge in [0, 0.05) is 13.1 Å². The maximum atomic E-state index is 12.4. The molecule has 1 amide bonds. The highest BCUT2D eigenvalue weighted by Gasteiger charge is 2.40. The number of piperidine rings is 1. The fourth-order valence-corrected chi connectivity index (χ4v) is 3.81. The van der Waals surface area contributed by atoms with Crippen LogP contribution in [0.25, 0.3) is 16.0 Å². The fourth-order valence-electron chi connectivity index (χ4n) is 3.81. The number of carboxylic acid groups (broad SMARTS) is 1. The number of carboxylic acids is 1. The summed E-state index contributed by atoms with van der Waals surface area (Å²) in [4.78, 5) is 28.8. The average molecular weight is 437 g/mol. The third-order valence-corrected chi connectivity index (χ3v) is 5.41. The number of carbonyl (C=O) groups is 2. The van der Waals surface area contributed by atoms with Crippen molar-refractivity contribution in [2.24, 2.45) is 0 Å². The summed E-state index contributed by atoms with van der Waals surface area (Å²) in [5, 5.41) is 9.18. The normalized spacial score (nSPS) is 15.6. The zero-order chi connectivity index (χ0) is 23.4. The van der Waals surface area contributed by atoms with Crippen molar-refractivity contribution < 1.29 is 24.2 Å². The summed E-state index contributed by atoms with van der Waals surface area (Å²) in [6, 6.07) is 15.2. The molecule has 1 aliphatic rings. The van der Waals surface area contributed by atoms with E-state index in [-0.39, 0.29) is 6.09 Å². The zero-order valence-electron chi connectivity index (χ0n) is 18.6. The van der Waals surface area contributed by atoms with Crippen molar-refractivity contribution >= 4 is 17.7 Å². The second-order valence-corrected chi connectivity index (χ2v) is 8.88. The molecule has 0 aromatic heterocycles. The first-order chi connectivity index (χ1) is 15.1. The van der Waals surface area contributed by atoms with Crippen molar-refractivity contribution in [3.63, 3.8) is 0 Å². The highest BCUT2D eigenvalue weighted by Crippen LogP contribution is 2.38. The number of hydrogen-bond donors (Lipinski definition) is 1. The number of rotatable bonds is 5. The second kappa shape index (κ2) is 9.41. The van der Waals surface area contributed by atoms with Crippen LogP contribution in [0.15, 0.2) is 48.5 Å². The van der Waals surface area contributed by atoms with Crippen LogP contribution in [0.5, 0.6) is 0 Å². The van der Waals surface area contributed by atoms with E-state index in [0.717, 1.165) is 16.7 Å². The van der Waals surface area contributed by atoms with E-state index < -0.39 is 23.8 Å². The van der Waals surface area contributed by atoms with Crippen molar-refractivity contribution in [2.75, 3.05) is 19.7 Å². The Morgan fingerprint density at radius 3 is 2.31 bits per heavy atom. The van der Waals surface area contributed by atoms with E-state index in [9.17, 15) is 14.7 Å². The molecule has 168 valence electrons. The van der Waals surface area contributed by atoms with Crippen LogP contribution in [0.2, 0.25) is 0 Å². The van der Waals surface area contributed by atoms with Crippen LogP contribution >= 0.6 is 0 Å². The van der Waals surface area contributed by atoms with Gasteiger partial charge in [-0.3, -0.25) is 0 Å². The lowest BCUT2D eigenvalue weighted by Crippen LogP contribution is -2.48. The Kier molecular flexibility index (Phi) is 6.85. The molecule has 2 aromatic rings. The van der Waals surface area contributed by atoms with Gasteiger partial charge in [0.15, 0.2) is 5.69 Å². The van der Waals surface area contributed by atoms with Crippen molar-refractivity contribution in [3.05, 3.63) is 65.5 Å². The number of amides is 1. The largest absolute Gasteiger partial charge is 0.480 e. The summed E-state index contributed by atoms with van der Waals surface area (Å²) >= 11 is 0. The van der Waals surface area contributed by atoms with Crippen LogP contribution in [0, 0.1) is 6.57 Å². The van der Waals surface area contributed by atoms with Gasteiger partial charge in [-0.05, 0) is 56.4 Å². The Morgan fingerprint density at radius 2 is 1.75 bits per heavy atom. The van der Waals surface area contributed by atoms with Crippen LogP contribution in [-0.4, -0.2) is 47.4 Å². The van der Waals surface area contributed by atoms with Crippen LogP contribution in [0.3, 0.4) is 0 Å². The first-order valence-corrected chi connectivity index (χ1v) is 10.5. The number of hydrogen-bond acceptors (Lipinski definition) is 4. The Morgan fingerprint density at radius 1 is 1.09 bits per heavy atom. The molecule has 0 atom stereocenters. The van der Waals surface area contributed by atoms with Gasteiger partial charge in [-0.2, -0.15) is 0 Å². The summed E-state index contributed by atoms with van der Waals surface area (Å²) in [5.41, 5.74) is 1.96. The molecule has 1 saturated heterocycles. The molecule has 7 nitrogen and oxygen atoms in total. The molecule has 7 heteroatoms. The first kappa shape index (κ1) is 23.3. The topological polar surface area (TPSA) is 80.4 Å². The first-order valence-electron chi connectivity index (χ1n) is 10.5. The van der Waals surface area contributed by atoms with Crippen molar-refractivity contribution in [1.82, 2.24) is 4.90 Å². The van der Waals surface area contributed by atoms with Gasteiger partial charge in [-0.25, -0.2) is 14.4 Å². The van der Waals surface area contributed by atoms with Gasteiger partial charge in [0.25, 0.3) is 0 Å². The Bertz CT molecular complexity index is 1010. The highest BCUT2D eigenvalue weighted by molar-refractivity contribution is 5.70. The van der Waals surface area contributed by atoms with E-state index in [1.54, 1.807) is 11.0 Å². The number of aliphatic carboxylic acids is 1. The average Bonchev–Trinajstić information content (AvgIpc) is 2.77. The molecular weight excluding hydrogens is 408 g/mol. The molecule has 0 unspecified atom stereocenters. The minimum absolute atomic E-state index is 0.376. The molecule has 2 aromatic carbocycles. The van der Waals surface area contributed by atoms with Gasteiger partial charge in [0.2, 0.25) is 0 Å². The summed E-state index contributed by atoms with van der Waals surface area (Å²) in [6.07, 6.45) is 0.553. The van der Waals surface area contributed by atoms with Gasteiger partial charge in [-0.1, -0.05) is 42.5 Å². The molecule has 1 heterocycles. The fraction of sp³-hybridized carbons (Fsp3) is 0.400. The van der Waals surface area contributed by atoms with E-state index in [1.165, 1.54) is 0 Å². The number of benzene rings is 2. The van der Waals surface area contributed by atoms with Crippen LogP contribution in [0.4, 0.5) is 10.5 Å². The van der Waals surface area contributed by atoms with E-state index in [4.69, 9.17) is 16.0 Å². The predicted molar refractivity (Wildman–Crippen MR) is 120 cm³/mol. The molecule has 1 aliphatic heterocycles. The summed E-state index contributed by atoms with van der Waals surface area (Å²) in [7, 11) is 0. The van der Waals surface area contributed by atoms with E-state index in [1.807, 2.05) is 63.2 Å². The molecule has 3 rings (SSSR count). The zero-order valence-corrected chi connectivity index (χ0v) is 18.6. The van der Waals surface area contributed by atoms with Crippen LogP contribution in [-0.2, 0) is 19.9 Å². The number of ether oxygens (including phenoxy) is 2. The SMILES string of the molecule is [C-]#[N+]c1cccc(-c2ccc(C3(OCC(=O)O)CCN(C(=O)OC(C)(C)C)CC3)cc2)c1. The quantitative estimate of drug-likeness (QED) is 0.649. The molecular formula is C25H28N2O5. The second-order valence-electron chi connectivity index (χ2n) is 8.88. The molecule has 1 fully saturated rings. The Balaban J connectivity index is 1.81. The lowest BCUT2D eigenvalue weighted by atomic mass is 9.83. The lowest BCUT2D eigenvalue weighted by Gasteiger charge is -2.42. The third kappa shape index (κ3) is 5.65. The highest BCUT2D eigenvalue weighted by atomic mass is 16.6. The standard InChI is InChI=1S/C25H28N2O5/c1-24(2,3)32-23(30)27-14-12-25(13-15-27,31-17-22(28)29)20-10-8-18(9-11-20)19-6-5-7-21(16-19)26-4/h5-11,16H,12-15,17H2,1-3H3,(H,28,29). The molecule has 0 bridgehead atoms. The third-order valence-electron chi connectivity index (χ3n) is 5.41. The van der Waals surface area contributed by atoms with Gasteiger partial charge >= 0.3 is 12.1 Å². The van der Waals surface area contributed by atoms with Crippen LogP contribution in [0.1, 0.15) is 39.2 Å². The van der Waals surface area contributed by atoms with Gasteiger partial charge in [0.1, 0.15) is 12.2 Å². The number of likely N-dealkylation sites (tertiary alicyclic amines) is 1. The van der Waals surface area contributed by atoms with E-state index in [2.05, 4.69) is 4.85 Å². The number of carbonyl (C=O) groups excluding carboxylic acids is 1. The molecule has 0 saturated carbocycles. The van der Waals surface area contributed by atoms with E-state index >= 15 is 0 Å². The molecule has 1 N–H and O–H groups in total. The summed E-state index contributed by atoms with van der Waals surface area (Å²) in [5.74, 6) is -1.04. The molecule has 0 aliphatic carbocycles. The summed E-state index contributed by atoms with van der Waals surface area (Å²) in [6.45, 7) is 13.1. The van der Waals surface area contributed by atoms with Crippen molar-refractivity contribution in [2.45, 2.75) is 44.8 Å². The molecule has 0 radical (unpaired) electrons. The smallest absolute Gasteiger partial charge is 0.410 e. The van der Waals surface area contributed by atoms with Crippen LogP contribution < -0.4 is 0 Å². The van der Waals surface area contributed by atoms with Gasteiger partial charge < -0.3 is 19.5 Å². The maximum absolute atomic E-state index is 12.4. The Hall–Kier alpha value is -3.37. The minimum atomic E-state index is -1.04. The van der Waals surface area contributed by atoms with E-state index in [0.29, 0.717) is 31.6 Å². The maximum Gasteiger partial charge on any atom is 0.410 e. The van der Waals surface area contributed by atoms with Gasteiger partial charge in [0.05, 0.1) is 12.2 Å². The lowest BCUT2D eigenvalue weighted by molar-refractivity contribution is -0.155. The van der Waals surface area contributed by atoms with Gasteiger partial charge in [-0.15, -0.1) is 0 Å². The predicted octanol–water partition coefficient (Wildman–Crippen LogP) is 5.23. The number of nitrogens with zero attached hydrogens (tertiary/aromatic N) is 2. The monoisotopic (exact) mass is 436 g/mol. The molecule has 32 heavy (non-hydrogen) atoms. The molecule has 0 spiro atoms. The Labute approximate surface area is 188 Å². The van der Waals surface area contributed by atoms with Crippen molar-refractivity contribution in [1.29, 1.82) is 0 Å². The summed E-state index contributed by atoms with van der Waals surface area (Å²) < 4.78 is 11.4. The van der Waals surface area contributed by atoms with Crippen molar-refractivity contribution in [3.8, 4) is 11.1 Å². The minimum Gasteiger partial charge on any atom is -0.480 e.